The number of carbonyl (C=O) groups excluding carboxylic acids is 2. The van der Waals surface area contributed by atoms with Gasteiger partial charge in [-0.2, -0.15) is 0 Å². The Morgan fingerprint density at radius 3 is 2.45 bits per heavy atom. The highest BCUT2D eigenvalue weighted by atomic mass is 32.2. The molecule has 1 aliphatic rings. The molecule has 1 aliphatic heterocycles. The molecule has 0 aliphatic carbocycles. The Kier molecular flexibility index (Phi) is 9.69. The molecule has 202 valence electrons. The van der Waals surface area contributed by atoms with Crippen molar-refractivity contribution in [3.63, 3.8) is 0 Å². The Morgan fingerprint density at radius 1 is 1.11 bits per heavy atom. The summed E-state index contributed by atoms with van der Waals surface area (Å²) in [5.41, 5.74) is 9.33. The van der Waals surface area contributed by atoms with Crippen molar-refractivity contribution in [1.29, 1.82) is 0 Å². The third-order valence-corrected chi connectivity index (χ3v) is 8.94. The maximum atomic E-state index is 13.0. The number of benzene rings is 2. The number of thioether (sulfide) groups is 1. The first kappa shape index (κ1) is 28.0. The van der Waals surface area contributed by atoms with Crippen LogP contribution >= 0.6 is 23.1 Å². The molecule has 0 saturated carbocycles. The summed E-state index contributed by atoms with van der Waals surface area (Å²) in [6.07, 6.45) is 1.80. The van der Waals surface area contributed by atoms with Gasteiger partial charge in [0.05, 0.1) is 28.6 Å². The zero-order valence-electron chi connectivity index (χ0n) is 22.3. The number of carbonyl (C=O) groups is 2. The van der Waals surface area contributed by atoms with E-state index in [4.69, 9.17) is 15.5 Å². The van der Waals surface area contributed by atoms with Gasteiger partial charge >= 0.3 is 0 Å². The normalized spacial score (nSPS) is 13.9. The van der Waals surface area contributed by atoms with Crippen molar-refractivity contribution in [2.75, 3.05) is 43.4 Å². The molecular weight excluding hydrogens is 516 g/mol. The number of nitrogens with zero attached hydrogens (tertiary/aromatic N) is 3. The lowest BCUT2D eigenvalue weighted by Crippen LogP contribution is -2.38. The first-order valence-corrected chi connectivity index (χ1v) is 15.1. The van der Waals surface area contributed by atoms with E-state index in [-0.39, 0.29) is 11.7 Å². The van der Waals surface area contributed by atoms with Crippen LogP contribution in [0.4, 0.5) is 5.69 Å². The number of hydrogen-bond donors (Lipinski definition) is 1. The Balaban J connectivity index is 1.32. The third kappa shape index (κ3) is 6.69. The first-order chi connectivity index (χ1) is 18.4. The van der Waals surface area contributed by atoms with Crippen molar-refractivity contribution in [2.24, 2.45) is 5.73 Å². The number of thiazole rings is 1. The van der Waals surface area contributed by atoms with Gasteiger partial charge in [-0.15, -0.1) is 23.1 Å². The van der Waals surface area contributed by atoms with Gasteiger partial charge in [0.25, 0.3) is 0 Å². The predicted octanol–water partition coefficient (Wildman–Crippen LogP) is 5.65. The fraction of sp³-hybridized carbons (Fsp3) is 0.414. The molecule has 0 unspecified atom stereocenters. The average Bonchev–Trinajstić information content (AvgIpc) is 3.43. The third-order valence-electron chi connectivity index (χ3n) is 6.89. The topological polar surface area (TPSA) is 88.8 Å². The molecule has 0 radical (unpaired) electrons. The Morgan fingerprint density at radius 2 is 1.82 bits per heavy atom. The second-order valence-electron chi connectivity index (χ2n) is 9.19. The Hall–Kier alpha value is -3.04. The summed E-state index contributed by atoms with van der Waals surface area (Å²) in [4.78, 5) is 34.7. The molecule has 1 aromatic heterocycles. The molecule has 3 aromatic rings. The predicted molar refractivity (Wildman–Crippen MR) is 157 cm³/mol. The van der Waals surface area contributed by atoms with Crippen molar-refractivity contribution in [3.8, 4) is 17.0 Å². The quantitative estimate of drug-likeness (QED) is 0.309. The minimum atomic E-state index is -0.508. The molecule has 2 aromatic carbocycles. The number of piperidine rings is 1. The van der Waals surface area contributed by atoms with E-state index in [9.17, 15) is 9.59 Å². The standard InChI is InChI=1S/C29H36N4O3S2/c1-4-32(5-2)22-9-7-20(8-10-22)25-18-38-29(31-25)21-13-15-33(16-14-21)27(34)19-37-26-17-23(36-6-3)11-12-24(26)28(30)35/h7-12,17-18,21H,4-6,13-16,19H2,1-3H3,(H2,30,35). The highest BCUT2D eigenvalue weighted by Crippen LogP contribution is 2.34. The fourth-order valence-electron chi connectivity index (χ4n) is 4.73. The summed E-state index contributed by atoms with van der Waals surface area (Å²) >= 11 is 3.05. The monoisotopic (exact) mass is 552 g/mol. The van der Waals surface area contributed by atoms with Crippen LogP contribution in [0.15, 0.2) is 52.7 Å². The summed E-state index contributed by atoms with van der Waals surface area (Å²) in [7, 11) is 0. The van der Waals surface area contributed by atoms with Crippen LogP contribution in [-0.4, -0.2) is 60.2 Å². The molecule has 0 atom stereocenters. The molecule has 38 heavy (non-hydrogen) atoms. The van der Waals surface area contributed by atoms with Gasteiger partial charge in [0, 0.05) is 53.6 Å². The molecule has 1 fully saturated rings. The van der Waals surface area contributed by atoms with Crippen LogP contribution in [0.1, 0.15) is 54.9 Å². The van der Waals surface area contributed by atoms with Crippen molar-refractivity contribution in [1.82, 2.24) is 9.88 Å². The SMILES string of the molecule is CCOc1ccc(C(N)=O)c(SCC(=O)N2CCC(c3nc(-c4ccc(N(CC)CC)cc4)cs3)CC2)c1. The number of anilines is 1. The summed E-state index contributed by atoms with van der Waals surface area (Å²) in [6.45, 7) is 10.2. The molecule has 7 nitrogen and oxygen atoms in total. The zero-order valence-corrected chi connectivity index (χ0v) is 23.9. The van der Waals surface area contributed by atoms with E-state index in [1.54, 1.807) is 29.5 Å². The number of nitrogens with two attached hydrogens (primary N) is 1. The number of aromatic nitrogens is 1. The van der Waals surface area contributed by atoms with E-state index in [1.165, 1.54) is 17.4 Å². The van der Waals surface area contributed by atoms with E-state index in [1.807, 2.05) is 11.8 Å². The summed E-state index contributed by atoms with van der Waals surface area (Å²) < 4.78 is 5.54. The minimum Gasteiger partial charge on any atom is -0.494 e. The minimum absolute atomic E-state index is 0.0683. The van der Waals surface area contributed by atoms with Crippen molar-refractivity contribution < 1.29 is 14.3 Å². The van der Waals surface area contributed by atoms with Crippen LogP contribution in [0, 0.1) is 0 Å². The lowest BCUT2D eigenvalue weighted by molar-refractivity contribution is -0.129. The van der Waals surface area contributed by atoms with Crippen molar-refractivity contribution in [2.45, 2.75) is 44.4 Å². The Bertz CT molecular complexity index is 1230. The smallest absolute Gasteiger partial charge is 0.249 e. The first-order valence-electron chi connectivity index (χ1n) is 13.2. The lowest BCUT2D eigenvalue weighted by atomic mass is 9.97. The van der Waals surface area contributed by atoms with Gasteiger partial charge in [0.2, 0.25) is 11.8 Å². The van der Waals surface area contributed by atoms with Crippen LogP contribution < -0.4 is 15.4 Å². The number of primary amides is 1. The van der Waals surface area contributed by atoms with Gasteiger partial charge in [0.15, 0.2) is 0 Å². The maximum absolute atomic E-state index is 13.0. The molecule has 0 spiro atoms. The van der Waals surface area contributed by atoms with Gasteiger partial charge in [-0.25, -0.2) is 4.98 Å². The van der Waals surface area contributed by atoms with E-state index in [0.29, 0.717) is 41.8 Å². The maximum Gasteiger partial charge on any atom is 0.249 e. The Labute approximate surface area is 233 Å². The number of ether oxygens (including phenoxy) is 1. The van der Waals surface area contributed by atoms with Crippen LogP contribution in [0.5, 0.6) is 5.75 Å². The average molecular weight is 553 g/mol. The van der Waals surface area contributed by atoms with Gasteiger partial charge in [-0.3, -0.25) is 9.59 Å². The van der Waals surface area contributed by atoms with Gasteiger partial charge in [0.1, 0.15) is 5.75 Å². The molecule has 1 saturated heterocycles. The molecule has 2 heterocycles. The molecule has 2 amide bonds. The fourth-order valence-corrected chi connectivity index (χ4v) is 6.71. The van der Waals surface area contributed by atoms with Crippen molar-refractivity contribution in [3.05, 3.63) is 58.4 Å². The summed E-state index contributed by atoms with van der Waals surface area (Å²) in [5.74, 6) is 0.844. The number of likely N-dealkylation sites (tertiary alicyclic amines) is 1. The van der Waals surface area contributed by atoms with Crippen LogP contribution in [0.25, 0.3) is 11.3 Å². The number of hydrogen-bond acceptors (Lipinski definition) is 7. The van der Waals surface area contributed by atoms with Crippen LogP contribution in [-0.2, 0) is 4.79 Å². The van der Waals surface area contributed by atoms with Gasteiger partial charge in [-0.1, -0.05) is 12.1 Å². The molecule has 4 rings (SSSR count). The number of amides is 2. The van der Waals surface area contributed by atoms with Crippen LogP contribution in [0.2, 0.25) is 0 Å². The second-order valence-corrected chi connectivity index (χ2v) is 11.1. The summed E-state index contributed by atoms with van der Waals surface area (Å²) in [5, 5.41) is 3.29. The molecule has 9 heteroatoms. The second kappa shape index (κ2) is 13.2. The number of rotatable bonds is 11. The lowest BCUT2D eigenvalue weighted by Gasteiger charge is -2.31. The highest BCUT2D eigenvalue weighted by Gasteiger charge is 2.26. The molecule has 0 bridgehead atoms. The molecular formula is C29H36N4O3S2. The molecule has 2 N–H and O–H groups in total. The van der Waals surface area contributed by atoms with E-state index < -0.39 is 5.91 Å². The van der Waals surface area contributed by atoms with Crippen LogP contribution in [0.3, 0.4) is 0 Å². The van der Waals surface area contributed by atoms with Gasteiger partial charge < -0.3 is 20.3 Å². The van der Waals surface area contributed by atoms with E-state index >= 15 is 0 Å². The van der Waals surface area contributed by atoms with E-state index in [2.05, 4.69) is 48.4 Å². The van der Waals surface area contributed by atoms with E-state index in [0.717, 1.165) is 42.2 Å². The van der Waals surface area contributed by atoms with Gasteiger partial charge in [-0.05, 0) is 63.9 Å². The largest absolute Gasteiger partial charge is 0.494 e. The summed E-state index contributed by atoms with van der Waals surface area (Å²) in [6, 6.07) is 13.8. The zero-order chi connectivity index (χ0) is 27.1. The van der Waals surface area contributed by atoms with Crippen molar-refractivity contribution >= 4 is 40.6 Å². The highest BCUT2D eigenvalue weighted by molar-refractivity contribution is 8.00.